The van der Waals surface area contributed by atoms with Gasteiger partial charge in [0.05, 0.1) is 16.5 Å². The Balaban J connectivity index is 1.93. The number of nitrogens with one attached hydrogen (secondary N) is 2. The molecule has 10 heteroatoms. The highest BCUT2D eigenvalue weighted by Crippen LogP contribution is 2.28. The van der Waals surface area contributed by atoms with Crippen molar-refractivity contribution in [3.05, 3.63) is 63.2 Å². The van der Waals surface area contributed by atoms with Gasteiger partial charge in [-0.25, -0.2) is 8.42 Å². The highest BCUT2D eigenvalue weighted by atomic mass is 35.5. The second-order valence-corrected chi connectivity index (χ2v) is 7.27. The number of aliphatic imine (C=N–C) groups is 1. The fraction of sp³-hybridized carbons (Fsp3) is 0.133. The molecule has 0 radical (unpaired) electrons. The molecule has 1 heterocycles. The summed E-state index contributed by atoms with van der Waals surface area (Å²) >= 11 is 5.92. The number of benzene rings is 2. The predicted octanol–water partition coefficient (Wildman–Crippen LogP) is 2.40. The second-order valence-electron chi connectivity index (χ2n) is 5.22. The summed E-state index contributed by atoms with van der Waals surface area (Å²) < 4.78 is 27.5. The summed E-state index contributed by atoms with van der Waals surface area (Å²) in [6, 6.07) is 9.94. The van der Waals surface area contributed by atoms with E-state index in [1.54, 1.807) is 24.3 Å². The third kappa shape index (κ3) is 3.72. The van der Waals surface area contributed by atoms with E-state index >= 15 is 0 Å². The van der Waals surface area contributed by atoms with Gasteiger partial charge in [0.2, 0.25) is 0 Å². The summed E-state index contributed by atoms with van der Waals surface area (Å²) in [5, 5.41) is 13.9. The van der Waals surface area contributed by atoms with Gasteiger partial charge >= 0.3 is 0 Å². The van der Waals surface area contributed by atoms with E-state index in [0.717, 1.165) is 24.2 Å². The first-order valence-electron chi connectivity index (χ1n) is 7.22. The zero-order chi connectivity index (χ0) is 18.0. The number of non-ortho nitro benzene ring substituents is 1. The maximum absolute atomic E-state index is 12.6. The molecule has 0 spiro atoms. The van der Waals surface area contributed by atoms with Crippen molar-refractivity contribution in [2.75, 3.05) is 17.8 Å². The Hall–Kier alpha value is -2.65. The molecular weight excluding hydrogens is 368 g/mol. The Morgan fingerprint density at radius 3 is 2.72 bits per heavy atom. The third-order valence-electron chi connectivity index (χ3n) is 3.48. The zero-order valence-corrected chi connectivity index (χ0v) is 14.3. The van der Waals surface area contributed by atoms with Crippen LogP contribution in [0.1, 0.15) is 5.56 Å². The molecule has 0 unspecified atom stereocenters. The molecule has 0 amide bonds. The normalized spacial score (nSPS) is 13.9. The van der Waals surface area contributed by atoms with Gasteiger partial charge in [0.25, 0.3) is 15.7 Å². The lowest BCUT2D eigenvalue weighted by Crippen LogP contribution is -2.20. The van der Waals surface area contributed by atoms with Crippen molar-refractivity contribution in [2.24, 2.45) is 4.99 Å². The number of hydrogen-bond acceptors (Lipinski definition) is 6. The number of halogens is 1. The fourth-order valence-electron chi connectivity index (χ4n) is 2.34. The Labute approximate surface area is 148 Å². The van der Waals surface area contributed by atoms with Crippen molar-refractivity contribution >= 4 is 38.8 Å². The summed E-state index contributed by atoms with van der Waals surface area (Å²) in [5.41, 5.74) is 0.683. The lowest BCUT2D eigenvalue weighted by molar-refractivity contribution is -0.385. The smallest absolute Gasteiger partial charge is 0.270 e. The molecule has 0 aromatic heterocycles. The Bertz CT molecular complexity index is 975. The average molecular weight is 381 g/mol. The first-order valence-corrected chi connectivity index (χ1v) is 9.08. The van der Waals surface area contributed by atoms with Gasteiger partial charge in [0, 0.05) is 29.9 Å². The van der Waals surface area contributed by atoms with Crippen LogP contribution in [0.2, 0.25) is 5.02 Å². The van der Waals surface area contributed by atoms with Gasteiger partial charge < -0.3 is 5.32 Å². The molecule has 0 saturated carbocycles. The van der Waals surface area contributed by atoms with E-state index in [4.69, 9.17) is 11.6 Å². The molecule has 0 bridgehead atoms. The summed E-state index contributed by atoms with van der Waals surface area (Å²) in [6.45, 7) is 1.39. The minimum Gasteiger partial charge on any atom is -0.368 e. The molecule has 0 aliphatic carbocycles. The average Bonchev–Trinajstić information content (AvgIpc) is 3.09. The number of nitro benzene ring substituents is 1. The Morgan fingerprint density at radius 1 is 1.24 bits per heavy atom. The molecular formula is C15H13ClN4O4S. The van der Waals surface area contributed by atoms with E-state index in [0.29, 0.717) is 18.1 Å². The number of nitro groups is 1. The molecule has 130 valence electrons. The van der Waals surface area contributed by atoms with Crippen LogP contribution in [-0.4, -0.2) is 32.3 Å². The van der Waals surface area contributed by atoms with Gasteiger partial charge in [-0.1, -0.05) is 23.7 Å². The Morgan fingerprint density at radius 2 is 2.04 bits per heavy atom. The van der Waals surface area contributed by atoms with Crippen LogP contribution < -0.4 is 10.0 Å². The van der Waals surface area contributed by atoms with Crippen LogP contribution in [0.15, 0.2) is 52.4 Å². The monoisotopic (exact) mass is 380 g/mol. The van der Waals surface area contributed by atoms with E-state index in [-0.39, 0.29) is 15.6 Å². The van der Waals surface area contributed by atoms with Gasteiger partial charge in [0.1, 0.15) is 10.7 Å². The van der Waals surface area contributed by atoms with Crippen LogP contribution in [0.3, 0.4) is 0 Å². The summed E-state index contributed by atoms with van der Waals surface area (Å²) in [7, 11) is -4.09. The van der Waals surface area contributed by atoms with Crippen molar-refractivity contribution in [1.82, 2.24) is 5.32 Å². The highest BCUT2D eigenvalue weighted by molar-refractivity contribution is 7.92. The van der Waals surface area contributed by atoms with E-state index < -0.39 is 14.9 Å². The Kier molecular flexibility index (Phi) is 4.60. The van der Waals surface area contributed by atoms with Crippen molar-refractivity contribution in [2.45, 2.75) is 4.90 Å². The van der Waals surface area contributed by atoms with E-state index in [2.05, 4.69) is 15.0 Å². The highest BCUT2D eigenvalue weighted by Gasteiger charge is 2.22. The quantitative estimate of drug-likeness (QED) is 0.610. The molecule has 1 aliphatic heterocycles. The summed E-state index contributed by atoms with van der Waals surface area (Å²) in [5.74, 6) is 0.689. The van der Waals surface area contributed by atoms with Crippen LogP contribution >= 0.6 is 11.6 Å². The van der Waals surface area contributed by atoms with Gasteiger partial charge in [-0.3, -0.25) is 19.8 Å². The summed E-state index contributed by atoms with van der Waals surface area (Å²) in [4.78, 5) is 14.1. The lowest BCUT2D eigenvalue weighted by Gasteiger charge is -2.11. The first kappa shape index (κ1) is 17.2. The molecule has 2 aromatic carbocycles. The first-order chi connectivity index (χ1) is 11.9. The van der Waals surface area contributed by atoms with Gasteiger partial charge in [-0.15, -0.1) is 0 Å². The van der Waals surface area contributed by atoms with Crippen molar-refractivity contribution in [1.29, 1.82) is 0 Å². The van der Waals surface area contributed by atoms with Crippen LogP contribution in [0.25, 0.3) is 0 Å². The van der Waals surface area contributed by atoms with Gasteiger partial charge in [0.15, 0.2) is 0 Å². The van der Waals surface area contributed by atoms with E-state index in [1.807, 2.05) is 0 Å². The number of rotatable bonds is 5. The maximum Gasteiger partial charge on any atom is 0.270 e. The number of sulfonamides is 1. The third-order valence-corrected chi connectivity index (χ3v) is 5.34. The van der Waals surface area contributed by atoms with Crippen LogP contribution in [0.5, 0.6) is 0 Å². The molecule has 2 N–H and O–H groups in total. The molecule has 2 aromatic rings. The minimum absolute atomic E-state index is 0.101. The fourth-order valence-corrected chi connectivity index (χ4v) is 3.91. The molecule has 25 heavy (non-hydrogen) atoms. The van der Waals surface area contributed by atoms with Gasteiger partial charge in [-0.05, 0) is 18.2 Å². The molecule has 0 saturated heterocycles. The molecule has 1 aliphatic rings. The van der Waals surface area contributed by atoms with E-state index in [9.17, 15) is 18.5 Å². The van der Waals surface area contributed by atoms with Crippen LogP contribution in [-0.2, 0) is 10.0 Å². The largest absolute Gasteiger partial charge is 0.368 e. The minimum atomic E-state index is -4.09. The van der Waals surface area contributed by atoms with Crippen molar-refractivity contribution in [3.63, 3.8) is 0 Å². The molecule has 0 fully saturated rings. The molecule has 3 rings (SSSR count). The van der Waals surface area contributed by atoms with Crippen molar-refractivity contribution in [3.8, 4) is 0 Å². The lowest BCUT2D eigenvalue weighted by atomic mass is 10.2. The van der Waals surface area contributed by atoms with Crippen molar-refractivity contribution < 1.29 is 13.3 Å². The van der Waals surface area contributed by atoms with Crippen LogP contribution in [0.4, 0.5) is 11.4 Å². The van der Waals surface area contributed by atoms with E-state index in [1.165, 1.54) is 6.07 Å². The predicted molar refractivity (Wildman–Crippen MR) is 94.8 cm³/mol. The number of amidine groups is 1. The SMILES string of the molecule is O=[N+]([O-])c1ccc(Cl)c(S(=O)(=O)Nc2cccc(C3=NCCN3)c2)c1. The molecule has 8 nitrogen and oxygen atoms in total. The van der Waals surface area contributed by atoms with Crippen LogP contribution in [0, 0.1) is 10.1 Å². The second kappa shape index (κ2) is 6.69. The maximum atomic E-state index is 12.6. The molecule has 0 atom stereocenters. The number of nitrogens with zero attached hydrogens (tertiary/aromatic N) is 2. The summed E-state index contributed by atoms with van der Waals surface area (Å²) in [6.07, 6.45) is 0. The van der Waals surface area contributed by atoms with Gasteiger partial charge in [-0.2, -0.15) is 0 Å². The standard InChI is InChI=1S/C15H13ClN4O4S/c16-13-5-4-12(20(21)22)9-14(13)25(23,24)19-11-3-1-2-10(8-11)15-17-6-7-18-15/h1-5,8-9,19H,6-7H2,(H,17,18). The topological polar surface area (TPSA) is 114 Å². The number of anilines is 1. The number of hydrogen-bond donors (Lipinski definition) is 2. The zero-order valence-electron chi connectivity index (χ0n) is 12.8.